The van der Waals surface area contributed by atoms with E-state index in [2.05, 4.69) is 32.7 Å². The lowest BCUT2D eigenvalue weighted by Crippen LogP contribution is -2.14. The first-order valence-corrected chi connectivity index (χ1v) is 9.08. The lowest BCUT2D eigenvalue weighted by Gasteiger charge is -2.09. The fourth-order valence-corrected chi connectivity index (χ4v) is 2.88. The summed E-state index contributed by atoms with van der Waals surface area (Å²) in [5.74, 6) is 0.247. The molecular formula is C22H19N5O. The number of anilines is 3. The summed E-state index contributed by atoms with van der Waals surface area (Å²) in [4.78, 5) is 16.8. The SMILES string of the molecule is CCc1ccc(NC(=O)c2ccc(Nc3cccc4cccnc34)nn2)cc1. The summed E-state index contributed by atoms with van der Waals surface area (Å²) < 4.78 is 0. The maximum Gasteiger partial charge on any atom is 0.276 e. The van der Waals surface area contributed by atoms with Crippen LogP contribution >= 0.6 is 0 Å². The molecule has 0 spiro atoms. The second-order valence-corrected chi connectivity index (χ2v) is 6.31. The minimum atomic E-state index is -0.296. The number of amides is 1. The second-order valence-electron chi connectivity index (χ2n) is 6.31. The zero-order valence-corrected chi connectivity index (χ0v) is 15.4. The normalized spacial score (nSPS) is 10.6. The maximum absolute atomic E-state index is 12.4. The summed E-state index contributed by atoms with van der Waals surface area (Å²) in [6.45, 7) is 2.09. The van der Waals surface area contributed by atoms with Gasteiger partial charge in [-0.1, -0.05) is 37.3 Å². The number of nitrogens with zero attached hydrogens (tertiary/aromatic N) is 3. The molecule has 0 saturated heterocycles. The van der Waals surface area contributed by atoms with Crippen LogP contribution < -0.4 is 10.6 Å². The Balaban J connectivity index is 1.47. The number of carbonyl (C=O) groups is 1. The third kappa shape index (κ3) is 3.81. The van der Waals surface area contributed by atoms with Crippen molar-refractivity contribution in [1.29, 1.82) is 0 Å². The highest BCUT2D eigenvalue weighted by Gasteiger charge is 2.10. The van der Waals surface area contributed by atoms with Gasteiger partial charge in [0.2, 0.25) is 0 Å². The van der Waals surface area contributed by atoms with Crippen molar-refractivity contribution in [3.63, 3.8) is 0 Å². The van der Waals surface area contributed by atoms with Gasteiger partial charge in [0.05, 0.1) is 11.2 Å². The Bertz CT molecular complexity index is 1100. The van der Waals surface area contributed by atoms with Gasteiger partial charge in [-0.2, -0.15) is 0 Å². The van der Waals surface area contributed by atoms with Gasteiger partial charge in [-0.3, -0.25) is 9.78 Å². The van der Waals surface area contributed by atoms with E-state index < -0.39 is 0 Å². The van der Waals surface area contributed by atoms with E-state index in [1.54, 1.807) is 18.3 Å². The molecule has 0 aliphatic heterocycles. The smallest absolute Gasteiger partial charge is 0.276 e. The summed E-state index contributed by atoms with van der Waals surface area (Å²) >= 11 is 0. The number of fused-ring (bicyclic) bond motifs is 1. The summed E-state index contributed by atoms with van der Waals surface area (Å²) in [5.41, 5.74) is 3.88. The molecule has 0 bridgehead atoms. The Morgan fingerprint density at radius 1 is 0.929 bits per heavy atom. The third-order valence-electron chi connectivity index (χ3n) is 4.41. The number of hydrogen-bond donors (Lipinski definition) is 2. The topological polar surface area (TPSA) is 79.8 Å². The van der Waals surface area contributed by atoms with Crippen LogP contribution in [0.3, 0.4) is 0 Å². The first kappa shape index (κ1) is 17.6. The van der Waals surface area contributed by atoms with Gasteiger partial charge in [-0.25, -0.2) is 0 Å². The predicted molar refractivity (Wildman–Crippen MR) is 111 cm³/mol. The van der Waals surface area contributed by atoms with Crippen molar-refractivity contribution in [3.8, 4) is 0 Å². The van der Waals surface area contributed by atoms with Crippen molar-refractivity contribution in [2.45, 2.75) is 13.3 Å². The van der Waals surface area contributed by atoms with Gasteiger partial charge in [0.15, 0.2) is 11.5 Å². The lowest BCUT2D eigenvalue weighted by atomic mass is 10.1. The number of hydrogen-bond acceptors (Lipinski definition) is 5. The molecule has 0 fully saturated rings. The number of aryl methyl sites for hydroxylation is 1. The highest BCUT2D eigenvalue weighted by atomic mass is 16.1. The molecule has 4 rings (SSSR count). The van der Waals surface area contributed by atoms with E-state index in [0.29, 0.717) is 5.82 Å². The highest BCUT2D eigenvalue weighted by Crippen LogP contribution is 2.23. The van der Waals surface area contributed by atoms with Gasteiger partial charge in [-0.15, -0.1) is 10.2 Å². The number of rotatable bonds is 5. The monoisotopic (exact) mass is 369 g/mol. The van der Waals surface area contributed by atoms with E-state index in [-0.39, 0.29) is 11.6 Å². The van der Waals surface area contributed by atoms with Crippen LogP contribution in [0.4, 0.5) is 17.2 Å². The summed E-state index contributed by atoms with van der Waals surface area (Å²) in [6, 6.07) is 20.9. The highest BCUT2D eigenvalue weighted by molar-refractivity contribution is 6.02. The Labute approximate surface area is 162 Å². The maximum atomic E-state index is 12.4. The van der Waals surface area contributed by atoms with Gasteiger partial charge in [0.1, 0.15) is 0 Å². The molecule has 28 heavy (non-hydrogen) atoms. The van der Waals surface area contributed by atoms with Gasteiger partial charge in [0.25, 0.3) is 5.91 Å². The van der Waals surface area contributed by atoms with Crippen molar-refractivity contribution < 1.29 is 4.79 Å². The molecule has 6 nitrogen and oxygen atoms in total. The van der Waals surface area contributed by atoms with Crippen molar-refractivity contribution in [3.05, 3.63) is 84.2 Å². The number of nitrogens with one attached hydrogen (secondary N) is 2. The average Bonchev–Trinajstić information content (AvgIpc) is 2.75. The largest absolute Gasteiger partial charge is 0.337 e. The van der Waals surface area contributed by atoms with Crippen molar-refractivity contribution in [1.82, 2.24) is 15.2 Å². The zero-order chi connectivity index (χ0) is 19.3. The lowest BCUT2D eigenvalue weighted by molar-refractivity contribution is 0.102. The number of para-hydroxylation sites is 1. The van der Waals surface area contributed by atoms with Crippen LogP contribution in [0.15, 0.2) is 72.9 Å². The van der Waals surface area contributed by atoms with Crippen molar-refractivity contribution >= 4 is 34.0 Å². The Hall–Kier alpha value is -3.80. The van der Waals surface area contributed by atoms with E-state index in [1.807, 2.05) is 54.6 Å². The number of aromatic nitrogens is 3. The van der Waals surface area contributed by atoms with Gasteiger partial charge < -0.3 is 10.6 Å². The van der Waals surface area contributed by atoms with E-state index in [1.165, 1.54) is 5.56 Å². The molecular weight excluding hydrogens is 350 g/mol. The molecule has 0 unspecified atom stereocenters. The van der Waals surface area contributed by atoms with E-state index in [0.717, 1.165) is 28.7 Å². The van der Waals surface area contributed by atoms with Crippen LogP contribution in [0.1, 0.15) is 23.0 Å². The molecule has 1 amide bonds. The zero-order valence-electron chi connectivity index (χ0n) is 15.4. The second kappa shape index (κ2) is 7.84. The van der Waals surface area contributed by atoms with Gasteiger partial charge in [-0.05, 0) is 48.4 Å². The van der Waals surface area contributed by atoms with Crippen LogP contribution in [0, 0.1) is 0 Å². The first-order valence-electron chi connectivity index (χ1n) is 9.08. The molecule has 4 aromatic rings. The summed E-state index contributed by atoms with van der Waals surface area (Å²) in [6.07, 6.45) is 2.71. The molecule has 0 saturated carbocycles. The standard InChI is InChI=1S/C22H19N5O/c1-2-15-8-10-17(11-9-15)24-22(28)19-12-13-20(27-26-19)25-18-7-3-5-16-6-4-14-23-21(16)18/h3-14H,2H2,1H3,(H,24,28)(H,25,27). The number of benzene rings is 2. The molecule has 0 aliphatic carbocycles. The first-order chi connectivity index (χ1) is 13.7. The molecule has 0 atom stereocenters. The van der Waals surface area contributed by atoms with Crippen LogP contribution in [0.5, 0.6) is 0 Å². The van der Waals surface area contributed by atoms with E-state index in [4.69, 9.17) is 0 Å². The molecule has 2 aromatic carbocycles. The number of carbonyl (C=O) groups excluding carboxylic acids is 1. The van der Waals surface area contributed by atoms with Crippen molar-refractivity contribution in [2.75, 3.05) is 10.6 Å². The molecule has 0 aliphatic rings. The fourth-order valence-electron chi connectivity index (χ4n) is 2.88. The average molecular weight is 369 g/mol. The molecule has 2 heterocycles. The fraction of sp³-hybridized carbons (Fsp3) is 0.0909. The molecule has 2 N–H and O–H groups in total. The predicted octanol–water partition coefficient (Wildman–Crippen LogP) is 4.58. The van der Waals surface area contributed by atoms with E-state index in [9.17, 15) is 4.79 Å². The Kier molecular flexibility index (Phi) is 4.93. The van der Waals surface area contributed by atoms with Gasteiger partial charge in [0, 0.05) is 17.3 Å². The quantitative estimate of drug-likeness (QED) is 0.538. The minimum absolute atomic E-state index is 0.251. The van der Waals surface area contributed by atoms with Gasteiger partial charge >= 0.3 is 0 Å². The molecule has 138 valence electrons. The molecule has 2 aromatic heterocycles. The van der Waals surface area contributed by atoms with Crippen LogP contribution in [-0.2, 0) is 6.42 Å². The van der Waals surface area contributed by atoms with E-state index >= 15 is 0 Å². The van der Waals surface area contributed by atoms with Crippen LogP contribution in [0.2, 0.25) is 0 Å². The van der Waals surface area contributed by atoms with Crippen molar-refractivity contribution in [2.24, 2.45) is 0 Å². The Morgan fingerprint density at radius 3 is 2.50 bits per heavy atom. The molecule has 6 heteroatoms. The number of pyridine rings is 1. The Morgan fingerprint density at radius 2 is 1.75 bits per heavy atom. The molecule has 0 radical (unpaired) electrons. The van der Waals surface area contributed by atoms with Crippen LogP contribution in [0.25, 0.3) is 10.9 Å². The summed E-state index contributed by atoms with van der Waals surface area (Å²) in [7, 11) is 0. The third-order valence-corrected chi connectivity index (χ3v) is 4.41. The van der Waals surface area contributed by atoms with Crippen LogP contribution in [-0.4, -0.2) is 21.1 Å². The minimum Gasteiger partial charge on any atom is -0.337 e. The summed E-state index contributed by atoms with van der Waals surface area (Å²) in [5, 5.41) is 15.2.